The molecule has 5 aromatic rings. The summed E-state index contributed by atoms with van der Waals surface area (Å²) in [6, 6.07) is 9.57. The molecule has 0 aliphatic carbocycles. The largest absolute Gasteiger partial charge is 0.473 e. The molecule has 0 bridgehead atoms. The zero-order valence-electron chi connectivity index (χ0n) is 23.9. The van der Waals surface area contributed by atoms with Gasteiger partial charge in [0.05, 0.1) is 23.4 Å². The second kappa shape index (κ2) is 11.8. The minimum absolute atomic E-state index is 0.0195. The normalized spacial score (nSPS) is 15.3. The van der Waals surface area contributed by atoms with Gasteiger partial charge in [-0.3, -0.25) is 14.4 Å². The van der Waals surface area contributed by atoms with Gasteiger partial charge in [0.1, 0.15) is 6.10 Å². The van der Waals surface area contributed by atoms with Gasteiger partial charge >= 0.3 is 0 Å². The van der Waals surface area contributed by atoms with Crippen LogP contribution >= 0.6 is 11.8 Å². The van der Waals surface area contributed by atoms with Gasteiger partial charge in [0, 0.05) is 67.5 Å². The van der Waals surface area contributed by atoms with Gasteiger partial charge in [-0.2, -0.15) is 10.1 Å². The number of hydrogen-bond acceptors (Lipinski definition) is 10. The summed E-state index contributed by atoms with van der Waals surface area (Å²) < 4.78 is 7.84. The van der Waals surface area contributed by atoms with Crippen molar-refractivity contribution in [3.05, 3.63) is 60.2 Å². The van der Waals surface area contributed by atoms with E-state index in [0.717, 1.165) is 52.1 Å². The lowest BCUT2D eigenvalue weighted by molar-refractivity contribution is -0.117. The third kappa shape index (κ3) is 5.92. The fourth-order valence-electron chi connectivity index (χ4n) is 5.06. The number of benzene rings is 1. The zero-order chi connectivity index (χ0) is 29.2. The number of carbonyl (C=O) groups is 1. The van der Waals surface area contributed by atoms with Gasteiger partial charge < -0.3 is 20.4 Å². The Kier molecular flexibility index (Phi) is 7.76. The van der Waals surface area contributed by atoms with E-state index in [4.69, 9.17) is 9.72 Å². The Morgan fingerprint density at radius 2 is 2.10 bits per heavy atom. The van der Waals surface area contributed by atoms with Crippen LogP contribution < -0.4 is 15.4 Å². The molecule has 0 unspecified atom stereocenters. The molecule has 1 aliphatic heterocycles. The quantitative estimate of drug-likeness (QED) is 0.170. The highest BCUT2D eigenvalue weighted by Crippen LogP contribution is 2.33. The van der Waals surface area contributed by atoms with E-state index in [1.54, 1.807) is 23.1 Å². The fraction of sp³-hybridized carbons (Fsp3) is 0.310. The molecule has 216 valence electrons. The summed E-state index contributed by atoms with van der Waals surface area (Å²) in [5.41, 5.74) is 5.24. The van der Waals surface area contributed by atoms with Crippen molar-refractivity contribution in [3.8, 4) is 17.1 Å². The van der Waals surface area contributed by atoms with Crippen LogP contribution in [0.25, 0.3) is 22.2 Å². The molecule has 12 nitrogen and oxygen atoms in total. The summed E-state index contributed by atoms with van der Waals surface area (Å²) >= 11 is 1.47. The molecule has 1 aromatic carbocycles. The van der Waals surface area contributed by atoms with E-state index >= 15 is 0 Å². The van der Waals surface area contributed by atoms with E-state index in [2.05, 4.69) is 40.6 Å². The predicted molar refractivity (Wildman–Crippen MR) is 163 cm³/mol. The third-order valence-corrected chi connectivity index (χ3v) is 7.81. The van der Waals surface area contributed by atoms with Gasteiger partial charge in [0.15, 0.2) is 11.0 Å². The molecule has 3 N–H and O–H groups in total. The number of rotatable bonds is 9. The molecule has 0 spiro atoms. The van der Waals surface area contributed by atoms with E-state index in [1.807, 2.05) is 57.6 Å². The molecule has 1 amide bonds. The second-order valence-corrected chi connectivity index (χ2v) is 11.0. The maximum atomic E-state index is 13.1. The molecule has 1 fully saturated rings. The lowest BCUT2D eigenvalue weighted by Crippen LogP contribution is -2.33. The number of ether oxygens (including phenoxy) is 1. The first-order valence-corrected chi connectivity index (χ1v) is 14.9. The number of aromatic amines is 1. The molecule has 0 saturated carbocycles. The Hall–Kier alpha value is -4.49. The third-order valence-electron chi connectivity index (χ3n) is 7.24. The van der Waals surface area contributed by atoms with Gasteiger partial charge in [-0.05, 0) is 38.2 Å². The SMILES string of the molecule is CSc1nccc(O[C@H]2CCN(CC(=O)Nc3cccc4c(-c5nc(Nc6cc(C)n(C)n6)ncc5C)c[nH]c34)C2)n1. The van der Waals surface area contributed by atoms with Gasteiger partial charge in [-0.25, -0.2) is 15.0 Å². The second-order valence-electron chi connectivity index (χ2n) is 10.3. The van der Waals surface area contributed by atoms with Crippen molar-refractivity contribution in [3.63, 3.8) is 0 Å². The molecule has 4 aromatic heterocycles. The molecular weight excluding hydrogens is 552 g/mol. The molecule has 42 heavy (non-hydrogen) atoms. The summed E-state index contributed by atoms with van der Waals surface area (Å²) in [4.78, 5) is 36.3. The van der Waals surface area contributed by atoms with E-state index in [-0.39, 0.29) is 18.6 Å². The topological polar surface area (TPSA) is 139 Å². The Morgan fingerprint density at radius 3 is 2.90 bits per heavy atom. The van der Waals surface area contributed by atoms with Gasteiger partial charge in [0.2, 0.25) is 17.7 Å². The predicted octanol–water partition coefficient (Wildman–Crippen LogP) is 4.32. The lowest BCUT2D eigenvalue weighted by atomic mass is 10.1. The average Bonchev–Trinajstić information content (AvgIpc) is 3.69. The summed E-state index contributed by atoms with van der Waals surface area (Å²) in [5.74, 6) is 1.63. The minimum atomic E-state index is -0.0821. The fourth-order valence-corrected chi connectivity index (χ4v) is 5.40. The Balaban J connectivity index is 1.13. The molecule has 0 radical (unpaired) electrons. The molecule has 13 heteroatoms. The molecule has 1 atom stereocenters. The van der Waals surface area contributed by atoms with Crippen LogP contribution in [0, 0.1) is 13.8 Å². The van der Waals surface area contributed by atoms with Gasteiger partial charge in [0.25, 0.3) is 0 Å². The highest BCUT2D eigenvalue weighted by Gasteiger charge is 2.26. The van der Waals surface area contributed by atoms with Crippen LogP contribution in [0.1, 0.15) is 17.7 Å². The van der Waals surface area contributed by atoms with Crippen molar-refractivity contribution in [1.82, 2.24) is 39.6 Å². The number of fused-ring (bicyclic) bond motifs is 1. The van der Waals surface area contributed by atoms with Gasteiger partial charge in [-0.1, -0.05) is 23.9 Å². The molecular formula is C29H32N10O2S. The van der Waals surface area contributed by atoms with Crippen LogP contribution in [-0.4, -0.2) is 77.5 Å². The maximum absolute atomic E-state index is 13.1. The van der Waals surface area contributed by atoms with Crippen molar-refractivity contribution in [2.24, 2.45) is 7.05 Å². The first-order chi connectivity index (χ1) is 20.4. The molecule has 6 rings (SSSR count). The monoisotopic (exact) mass is 584 g/mol. The summed E-state index contributed by atoms with van der Waals surface area (Å²) in [5, 5.41) is 12.4. The number of hydrogen-bond donors (Lipinski definition) is 3. The highest BCUT2D eigenvalue weighted by atomic mass is 32.2. The molecule has 5 heterocycles. The van der Waals surface area contributed by atoms with Crippen LogP contribution in [0.3, 0.4) is 0 Å². The standard InChI is InChI=1S/C29H32N10O2S/c1-17-13-32-28(34-23-12-18(2)38(3)37-23)36-26(17)21-14-31-27-20(21)6-5-7-22(27)33-24(40)16-39-11-9-19(15-39)41-25-8-10-30-29(35-25)42-4/h5-8,10,12-14,19,31H,9,11,15-16H2,1-4H3,(H,33,40)(H,32,34,36,37)/t19-/m0/s1. The highest BCUT2D eigenvalue weighted by molar-refractivity contribution is 7.98. The average molecular weight is 585 g/mol. The van der Waals surface area contributed by atoms with Crippen LogP contribution in [-0.2, 0) is 11.8 Å². The number of anilines is 3. The van der Waals surface area contributed by atoms with Crippen LogP contribution in [0.5, 0.6) is 5.88 Å². The Bertz CT molecular complexity index is 1730. The number of aromatic nitrogens is 7. The van der Waals surface area contributed by atoms with Crippen molar-refractivity contribution < 1.29 is 9.53 Å². The van der Waals surface area contributed by atoms with E-state index in [0.29, 0.717) is 29.3 Å². The number of likely N-dealkylation sites (tertiary alicyclic amines) is 1. The first kappa shape index (κ1) is 27.7. The lowest BCUT2D eigenvalue weighted by Gasteiger charge is -2.16. The zero-order valence-corrected chi connectivity index (χ0v) is 24.7. The smallest absolute Gasteiger partial charge is 0.238 e. The molecule has 1 saturated heterocycles. The van der Waals surface area contributed by atoms with Crippen LogP contribution in [0.4, 0.5) is 17.5 Å². The minimum Gasteiger partial charge on any atom is -0.473 e. The summed E-state index contributed by atoms with van der Waals surface area (Å²) in [6.45, 7) is 5.67. The van der Waals surface area contributed by atoms with E-state index < -0.39 is 0 Å². The molecule has 1 aliphatic rings. The van der Waals surface area contributed by atoms with Crippen molar-refractivity contribution in [1.29, 1.82) is 0 Å². The van der Waals surface area contributed by atoms with E-state index in [1.165, 1.54) is 11.8 Å². The number of H-pyrrole nitrogens is 1. The van der Waals surface area contributed by atoms with Crippen molar-refractivity contribution >= 4 is 46.0 Å². The number of para-hydroxylation sites is 1. The van der Waals surface area contributed by atoms with Crippen molar-refractivity contribution in [2.75, 3.05) is 36.5 Å². The number of amides is 1. The number of nitrogens with zero attached hydrogens (tertiary/aromatic N) is 7. The van der Waals surface area contributed by atoms with Crippen LogP contribution in [0.2, 0.25) is 0 Å². The number of nitrogens with one attached hydrogen (secondary N) is 3. The number of thioether (sulfide) groups is 1. The first-order valence-electron chi connectivity index (χ1n) is 13.6. The van der Waals surface area contributed by atoms with E-state index in [9.17, 15) is 4.79 Å². The maximum Gasteiger partial charge on any atom is 0.238 e. The summed E-state index contributed by atoms with van der Waals surface area (Å²) in [6.07, 6.45) is 8.16. The van der Waals surface area contributed by atoms with Crippen molar-refractivity contribution in [2.45, 2.75) is 31.5 Å². The Morgan fingerprint density at radius 1 is 1.21 bits per heavy atom. The number of carbonyl (C=O) groups excluding carboxylic acids is 1. The van der Waals surface area contributed by atoms with Crippen LogP contribution in [0.15, 0.2) is 54.1 Å². The Labute approximate surface area is 247 Å². The number of aryl methyl sites for hydroxylation is 3. The summed E-state index contributed by atoms with van der Waals surface area (Å²) in [7, 11) is 1.89. The van der Waals surface area contributed by atoms with Gasteiger partial charge in [-0.15, -0.1) is 0 Å².